The van der Waals surface area contributed by atoms with Crippen LogP contribution in [-0.2, 0) is 10.0 Å². The Hall–Kier alpha value is -1.86. The Morgan fingerprint density at radius 2 is 2.00 bits per heavy atom. The van der Waals surface area contributed by atoms with Crippen molar-refractivity contribution < 1.29 is 8.42 Å². The highest BCUT2D eigenvalue weighted by atomic mass is 32.2. The summed E-state index contributed by atoms with van der Waals surface area (Å²) in [5.41, 5.74) is 7.92. The second-order valence-corrected chi connectivity index (χ2v) is 7.56. The number of nitrogens with two attached hydrogens (primary N) is 1. The summed E-state index contributed by atoms with van der Waals surface area (Å²) in [6.45, 7) is 0. The van der Waals surface area contributed by atoms with Crippen molar-refractivity contribution in [2.75, 3.05) is 19.8 Å². The third-order valence-electron chi connectivity index (χ3n) is 3.65. The van der Waals surface area contributed by atoms with Gasteiger partial charge in [0.1, 0.15) is 4.90 Å². The van der Waals surface area contributed by atoms with Gasteiger partial charge in [0.2, 0.25) is 10.0 Å². The fourth-order valence-corrected chi connectivity index (χ4v) is 3.25. The molecule has 6 nitrogen and oxygen atoms in total. The van der Waals surface area contributed by atoms with E-state index in [9.17, 15) is 8.42 Å². The van der Waals surface area contributed by atoms with Crippen molar-refractivity contribution >= 4 is 15.7 Å². The molecule has 0 amide bonds. The summed E-state index contributed by atoms with van der Waals surface area (Å²) < 4.78 is 27.4. The highest BCUT2D eigenvalue weighted by Gasteiger charge is 2.27. The number of anilines is 1. The lowest BCUT2D eigenvalue weighted by atomic mass is 10.3. The maximum Gasteiger partial charge on any atom is 0.244 e. The van der Waals surface area contributed by atoms with E-state index in [0.717, 1.165) is 10.00 Å². The minimum Gasteiger partial charge on any atom is -0.396 e. The van der Waals surface area contributed by atoms with Crippen LogP contribution in [0.5, 0.6) is 0 Å². The molecule has 1 aromatic heterocycles. The number of nitrogen functional groups attached to an aromatic ring is 1. The Morgan fingerprint density at radius 1 is 1.29 bits per heavy atom. The first-order valence-corrected chi connectivity index (χ1v) is 8.22. The van der Waals surface area contributed by atoms with Crippen LogP contribution in [0.1, 0.15) is 24.5 Å². The zero-order valence-electron chi connectivity index (χ0n) is 12.0. The van der Waals surface area contributed by atoms with Crippen LogP contribution in [0.25, 0.3) is 5.69 Å². The highest BCUT2D eigenvalue weighted by Crippen LogP contribution is 2.39. The molecular weight excluding hydrogens is 288 g/mol. The van der Waals surface area contributed by atoms with E-state index in [-0.39, 0.29) is 10.6 Å². The molecule has 1 heterocycles. The topological polar surface area (TPSA) is 81.2 Å². The minimum atomic E-state index is -3.57. The van der Waals surface area contributed by atoms with Crippen molar-refractivity contribution in [2.24, 2.45) is 0 Å². The molecule has 2 N–H and O–H groups in total. The molecule has 1 aromatic carbocycles. The molecule has 1 aliphatic rings. The summed E-state index contributed by atoms with van der Waals surface area (Å²) in [6, 6.07) is 6.93. The van der Waals surface area contributed by atoms with Gasteiger partial charge in [-0.05, 0) is 31.0 Å². The number of hydrogen-bond donors (Lipinski definition) is 1. The van der Waals surface area contributed by atoms with Gasteiger partial charge >= 0.3 is 0 Å². The average Bonchev–Trinajstić information content (AvgIpc) is 3.17. The maximum atomic E-state index is 12.3. The quantitative estimate of drug-likeness (QED) is 0.870. The van der Waals surface area contributed by atoms with Crippen LogP contribution in [0.15, 0.2) is 35.4 Å². The van der Waals surface area contributed by atoms with Gasteiger partial charge in [0.05, 0.1) is 17.1 Å². The summed E-state index contributed by atoms with van der Waals surface area (Å²) in [4.78, 5) is 0.105. The van der Waals surface area contributed by atoms with Crippen LogP contribution in [0, 0.1) is 0 Å². The third-order valence-corrected chi connectivity index (χ3v) is 5.53. The van der Waals surface area contributed by atoms with E-state index >= 15 is 0 Å². The molecule has 0 atom stereocenters. The Morgan fingerprint density at radius 3 is 2.62 bits per heavy atom. The molecule has 0 radical (unpaired) electrons. The van der Waals surface area contributed by atoms with Crippen molar-refractivity contribution in [1.29, 1.82) is 0 Å². The molecule has 1 fully saturated rings. The van der Waals surface area contributed by atoms with Gasteiger partial charge in [-0.25, -0.2) is 17.4 Å². The molecule has 7 heteroatoms. The number of hydrogen-bond acceptors (Lipinski definition) is 4. The largest absolute Gasteiger partial charge is 0.396 e. The van der Waals surface area contributed by atoms with Crippen molar-refractivity contribution in [3.05, 3.63) is 36.2 Å². The smallest absolute Gasteiger partial charge is 0.244 e. The lowest BCUT2D eigenvalue weighted by molar-refractivity contribution is 0.521. The summed E-state index contributed by atoms with van der Waals surface area (Å²) in [7, 11) is -0.595. The predicted molar refractivity (Wildman–Crippen MR) is 80.8 cm³/mol. The van der Waals surface area contributed by atoms with Crippen LogP contribution < -0.4 is 5.73 Å². The van der Waals surface area contributed by atoms with E-state index in [1.165, 1.54) is 33.0 Å². The number of para-hydroxylation sites is 1. The second kappa shape index (κ2) is 4.85. The number of benzene rings is 1. The van der Waals surface area contributed by atoms with Gasteiger partial charge < -0.3 is 5.73 Å². The fourth-order valence-electron chi connectivity index (χ4n) is 2.22. The van der Waals surface area contributed by atoms with E-state index < -0.39 is 10.0 Å². The molecule has 21 heavy (non-hydrogen) atoms. The lowest BCUT2D eigenvalue weighted by Crippen LogP contribution is -2.23. The molecule has 0 saturated heterocycles. The van der Waals surface area contributed by atoms with Gasteiger partial charge in [-0.2, -0.15) is 5.10 Å². The Kier molecular flexibility index (Phi) is 3.26. The van der Waals surface area contributed by atoms with Crippen molar-refractivity contribution in [1.82, 2.24) is 14.1 Å². The van der Waals surface area contributed by atoms with Gasteiger partial charge in [0, 0.05) is 26.2 Å². The van der Waals surface area contributed by atoms with Crippen LogP contribution >= 0.6 is 0 Å². The monoisotopic (exact) mass is 306 g/mol. The Balaban J connectivity index is 2.07. The molecule has 0 aliphatic heterocycles. The molecule has 3 rings (SSSR count). The predicted octanol–water partition coefficient (Wildman–Crippen LogP) is 1.58. The third kappa shape index (κ3) is 2.43. The Labute approximate surface area is 124 Å². The first kappa shape index (κ1) is 14.1. The molecular formula is C14H18N4O2S. The van der Waals surface area contributed by atoms with Gasteiger partial charge in [0.25, 0.3) is 0 Å². The second-order valence-electron chi connectivity index (χ2n) is 5.44. The van der Waals surface area contributed by atoms with Crippen LogP contribution in [-0.4, -0.2) is 36.6 Å². The zero-order valence-corrected chi connectivity index (χ0v) is 12.8. The van der Waals surface area contributed by atoms with E-state index in [0.29, 0.717) is 11.6 Å². The fraction of sp³-hybridized carbons (Fsp3) is 0.357. The SMILES string of the molecule is CN(C)S(=O)(=O)c1cccc(-n2ccc(C3CC3)n2)c1N. The van der Waals surface area contributed by atoms with Gasteiger partial charge in [-0.1, -0.05) is 6.07 Å². The standard InChI is InChI=1S/C14H18N4O2S/c1-17(2)21(19,20)13-5-3-4-12(14(13)15)18-9-8-11(16-18)10-6-7-10/h3-5,8-10H,6-7,15H2,1-2H3. The first-order valence-electron chi connectivity index (χ1n) is 6.78. The van der Waals surface area contributed by atoms with Gasteiger partial charge in [0.15, 0.2) is 0 Å². The van der Waals surface area contributed by atoms with E-state index in [1.807, 2.05) is 12.3 Å². The van der Waals surface area contributed by atoms with E-state index in [1.54, 1.807) is 16.8 Å². The van der Waals surface area contributed by atoms with E-state index in [2.05, 4.69) is 5.10 Å². The zero-order chi connectivity index (χ0) is 15.2. The first-order chi connectivity index (χ1) is 9.91. The molecule has 0 unspecified atom stereocenters. The number of nitrogens with zero attached hydrogens (tertiary/aromatic N) is 3. The van der Waals surface area contributed by atoms with Crippen LogP contribution in [0.4, 0.5) is 5.69 Å². The lowest BCUT2D eigenvalue weighted by Gasteiger charge is -2.15. The molecule has 2 aromatic rings. The molecule has 1 aliphatic carbocycles. The Bertz CT molecular complexity index is 776. The van der Waals surface area contributed by atoms with Crippen LogP contribution in [0.3, 0.4) is 0 Å². The van der Waals surface area contributed by atoms with Crippen molar-refractivity contribution in [3.8, 4) is 5.69 Å². The number of rotatable bonds is 4. The summed E-state index contributed by atoms with van der Waals surface area (Å²) in [5.74, 6) is 0.543. The maximum absolute atomic E-state index is 12.3. The molecule has 0 spiro atoms. The van der Waals surface area contributed by atoms with Gasteiger partial charge in [-0.3, -0.25) is 0 Å². The van der Waals surface area contributed by atoms with Crippen LogP contribution in [0.2, 0.25) is 0 Å². The van der Waals surface area contributed by atoms with Gasteiger partial charge in [-0.15, -0.1) is 0 Å². The average molecular weight is 306 g/mol. The molecule has 112 valence electrons. The summed E-state index contributed by atoms with van der Waals surface area (Å²) in [5, 5.41) is 4.50. The van der Waals surface area contributed by atoms with Crippen molar-refractivity contribution in [3.63, 3.8) is 0 Å². The van der Waals surface area contributed by atoms with E-state index in [4.69, 9.17) is 5.73 Å². The molecule has 0 bridgehead atoms. The number of aromatic nitrogens is 2. The van der Waals surface area contributed by atoms with Crippen molar-refractivity contribution in [2.45, 2.75) is 23.7 Å². The number of sulfonamides is 1. The summed E-state index contributed by atoms with van der Waals surface area (Å²) >= 11 is 0. The normalized spacial score (nSPS) is 15.6. The minimum absolute atomic E-state index is 0.105. The summed E-state index contributed by atoms with van der Waals surface area (Å²) in [6.07, 6.45) is 4.16. The molecule has 1 saturated carbocycles. The highest BCUT2D eigenvalue weighted by molar-refractivity contribution is 7.89.